The summed E-state index contributed by atoms with van der Waals surface area (Å²) in [4.78, 5) is 0. The SMILES string of the molecule is CCCCOCCCNC(=S)[SH2]CC(C)=NO. The van der Waals surface area contributed by atoms with Crippen molar-refractivity contribution < 1.29 is 9.94 Å². The summed E-state index contributed by atoms with van der Waals surface area (Å²) in [5.74, 6) is 0.731. The van der Waals surface area contributed by atoms with Gasteiger partial charge in [0.2, 0.25) is 0 Å². The van der Waals surface area contributed by atoms with Crippen molar-refractivity contribution in [3.05, 3.63) is 0 Å². The first-order valence-electron chi connectivity index (χ1n) is 5.97. The van der Waals surface area contributed by atoms with Crippen LogP contribution in [-0.2, 0) is 4.74 Å². The Kier molecular flexibility index (Phi) is 11.9. The normalized spacial score (nSPS) is 12.7. The van der Waals surface area contributed by atoms with Crippen LogP contribution in [0.15, 0.2) is 5.16 Å². The molecule has 0 heterocycles. The topological polar surface area (TPSA) is 53.8 Å². The first kappa shape index (κ1) is 16.7. The number of unbranched alkanes of at least 4 members (excludes halogenated alkanes) is 1. The van der Waals surface area contributed by atoms with Crippen molar-refractivity contribution in [2.24, 2.45) is 5.16 Å². The molecule has 0 rings (SSSR count). The standard InChI is InChI=1S/C11H24N2O2S2/c1-3-4-7-15-8-5-6-12-11(16)17-9-10(2)13-14/h14H,3-9,17H2,1-2H3,(H,12,16). The van der Waals surface area contributed by atoms with Gasteiger partial charge in [0.05, 0.1) is 5.71 Å². The van der Waals surface area contributed by atoms with E-state index in [2.05, 4.69) is 17.4 Å². The maximum atomic E-state index is 8.48. The van der Waals surface area contributed by atoms with Gasteiger partial charge in [0, 0.05) is 25.5 Å². The van der Waals surface area contributed by atoms with E-state index < -0.39 is 0 Å². The van der Waals surface area contributed by atoms with Crippen molar-refractivity contribution in [3.63, 3.8) is 0 Å². The fourth-order valence-corrected chi connectivity index (χ4v) is 2.09. The highest BCUT2D eigenvalue weighted by Crippen LogP contribution is 2.02. The number of rotatable bonds is 9. The summed E-state index contributed by atoms with van der Waals surface area (Å²) in [6.07, 6.45) is 3.28. The van der Waals surface area contributed by atoms with E-state index in [1.807, 2.05) is 0 Å². The molecule has 0 aromatic rings. The molecule has 102 valence electrons. The van der Waals surface area contributed by atoms with Crippen LogP contribution in [0, 0.1) is 0 Å². The highest BCUT2D eigenvalue weighted by molar-refractivity contribution is 8.23. The van der Waals surface area contributed by atoms with E-state index >= 15 is 0 Å². The molecule has 0 saturated carbocycles. The Labute approximate surface area is 113 Å². The van der Waals surface area contributed by atoms with Crippen molar-refractivity contribution in [2.45, 2.75) is 33.1 Å². The van der Waals surface area contributed by atoms with Gasteiger partial charge in [-0.1, -0.05) is 30.7 Å². The van der Waals surface area contributed by atoms with Gasteiger partial charge in [0.1, 0.15) is 4.32 Å². The Morgan fingerprint density at radius 1 is 1.41 bits per heavy atom. The summed E-state index contributed by atoms with van der Waals surface area (Å²) in [5.41, 5.74) is 0.718. The molecule has 0 fully saturated rings. The first-order chi connectivity index (χ1) is 8.20. The molecular formula is C11H24N2O2S2. The van der Waals surface area contributed by atoms with Gasteiger partial charge in [-0.25, -0.2) is 11.8 Å². The molecule has 0 aliphatic carbocycles. The molecule has 0 aromatic heterocycles. The molecule has 0 spiro atoms. The third kappa shape index (κ3) is 11.9. The molecule has 0 unspecified atom stereocenters. The van der Waals surface area contributed by atoms with Crippen molar-refractivity contribution in [1.82, 2.24) is 5.32 Å². The molecular weight excluding hydrogens is 256 g/mol. The minimum Gasteiger partial charge on any atom is -0.411 e. The monoisotopic (exact) mass is 280 g/mol. The van der Waals surface area contributed by atoms with Gasteiger partial charge in [-0.3, -0.25) is 0 Å². The van der Waals surface area contributed by atoms with E-state index in [-0.39, 0.29) is 0 Å². The highest BCUT2D eigenvalue weighted by Gasteiger charge is 1.96. The van der Waals surface area contributed by atoms with E-state index in [9.17, 15) is 0 Å². The maximum Gasteiger partial charge on any atom is 0.111 e. The third-order valence-electron chi connectivity index (χ3n) is 2.07. The molecule has 0 aliphatic heterocycles. The molecule has 0 saturated heterocycles. The summed E-state index contributed by atoms with van der Waals surface area (Å²) >= 11 is 5.66. The van der Waals surface area contributed by atoms with Crippen LogP contribution in [0.25, 0.3) is 0 Å². The second-order valence-electron chi connectivity index (χ2n) is 3.76. The fraction of sp³-hybridized carbons (Fsp3) is 0.818. The Hall–Kier alpha value is -0.330. The summed E-state index contributed by atoms with van der Waals surface area (Å²) in [6.45, 7) is 6.44. The smallest absolute Gasteiger partial charge is 0.111 e. The van der Waals surface area contributed by atoms with Crippen LogP contribution in [0.1, 0.15) is 33.1 Å². The van der Waals surface area contributed by atoms with Gasteiger partial charge < -0.3 is 15.3 Å². The summed E-state index contributed by atoms with van der Waals surface area (Å²) in [6, 6.07) is 0. The van der Waals surface area contributed by atoms with Gasteiger partial charge in [0.25, 0.3) is 0 Å². The van der Waals surface area contributed by atoms with Crippen LogP contribution in [-0.4, -0.2) is 40.8 Å². The number of thiocarbonyl (C=S) groups is 1. The lowest BCUT2D eigenvalue weighted by Gasteiger charge is -2.09. The van der Waals surface area contributed by atoms with Crippen LogP contribution in [0.5, 0.6) is 0 Å². The molecule has 0 aromatic carbocycles. The molecule has 6 heteroatoms. The van der Waals surface area contributed by atoms with E-state index in [4.69, 9.17) is 22.2 Å². The van der Waals surface area contributed by atoms with E-state index in [0.717, 1.165) is 48.4 Å². The molecule has 17 heavy (non-hydrogen) atoms. The van der Waals surface area contributed by atoms with Gasteiger partial charge in [-0.15, -0.1) is 0 Å². The van der Waals surface area contributed by atoms with E-state index in [0.29, 0.717) is 11.8 Å². The molecule has 4 nitrogen and oxygen atoms in total. The quantitative estimate of drug-likeness (QED) is 0.223. The van der Waals surface area contributed by atoms with Crippen molar-refractivity contribution in [3.8, 4) is 0 Å². The number of oxime groups is 1. The second-order valence-corrected chi connectivity index (χ2v) is 5.74. The average molecular weight is 280 g/mol. The molecule has 0 aliphatic rings. The zero-order valence-electron chi connectivity index (χ0n) is 10.7. The molecule has 0 radical (unpaired) electrons. The fourth-order valence-electron chi connectivity index (χ4n) is 1.03. The van der Waals surface area contributed by atoms with Gasteiger partial charge in [-0.2, -0.15) is 0 Å². The molecule has 2 N–H and O–H groups in total. The van der Waals surface area contributed by atoms with Crippen LogP contribution < -0.4 is 5.32 Å². The lowest BCUT2D eigenvalue weighted by Crippen LogP contribution is -2.21. The van der Waals surface area contributed by atoms with Crippen LogP contribution in [0.4, 0.5) is 0 Å². The van der Waals surface area contributed by atoms with E-state index in [1.165, 1.54) is 6.42 Å². The van der Waals surface area contributed by atoms with Gasteiger partial charge in [-0.05, 0) is 19.8 Å². The largest absolute Gasteiger partial charge is 0.411 e. The van der Waals surface area contributed by atoms with Crippen molar-refractivity contribution in [2.75, 3.05) is 25.5 Å². The maximum absolute atomic E-state index is 8.48. The predicted molar refractivity (Wildman–Crippen MR) is 81.1 cm³/mol. The molecule has 0 bridgehead atoms. The lowest BCUT2D eigenvalue weighted by atomic mass is 10.4. The number of ether oxygens (including phenoxy) is 1. The van der Waals surface area contributed by atoms with Gasteiger partial charge in [0.15, 0.2) is 0 Å². The Morgan fingerprint density at radius 2 is 2.12 bits per heavy atom. The summed E-state index contributed by atoms with van der Waals surface area (Å²) < 4.78 is 6.29. The highest BCUT2D eigenvalue weighted by atomic mass is 32.2. The van der Waals surface area contributed by atoms with Crippen molar-refractivity contribution in [1.29, 1.82) is 0 Å². The van der Waals surface area contributed by atoms with Crippen LogP contribution in [0.2, 0.25) is 0 Å². The number of hydrogen-bond donors (Lipinski definition) is 2. The summed E-state index contributed by atoms with van der Waals surface area (Å²) in [5, 5.41) is 14.8. The second kappa shape index (κ2) is 12.1. The molecule has 0 atom stereocenters. The Morgan fingerprint density at radius 3 is 2.76 bits per heavy atom. The van der Waals surface area contributed by atoms with E-state index in [1.54, 1.807) is 6.92 Å². The predicted octanol–water partition coefficient (Wildman–Crippen LogP) is 2.12. The summed E-state index contributed by atoms with van der Waals surface area (Å²) in [7, 11) is 0. The lowest BCUT2D eigenvalue weighted by molar-refractivity contribution is 0.129. The average Bonchev–Trinajstić information content (AvgIpc) is 2.34. The first-order valence-corrected chi connectivity index (χ1v) is 7.59. The Balaban J connectivity index is 3.28. The number of nitrogens with one attached hydrogen (secondary N) is 1. The van der Waals surface area contributed by atoms with Crippen LogP contribution >= 0.6 is 24.0 Å². The minimum absolute atomic E-state index is 0.494. The van der Waals surface area contributed by atoms with Crippen LogP contribution in [0.3, 0.4) is 0 Å². The van der Waals surface area contributed by atoms with Crippen molar-refractivity contribution >= 4 is 34.0 Å². The Bertz CT molecular complexity index is 236. The molecule has 0 amide bonds. The zero-order valence-corrected chi connectivity index (χ0v) is 12.5. The minimum atomic E-state index is 0.494. The zero-order chi connectivity index (χ0) is 12.9. The van der Waals surface area contributed by atoms with Gasteiger partial charge >= 0.3 is 0 Å². The number of nitrogens with zero attached hydrogens (tertiary/aromatic N) is 1. The third-order valence-corrected chi connectivity index (χ3v) is 3.83. The number of hydrogen-bond acceptors (Lipinski definition) is 4.